The highest BCUT2D eigenvalue weighted by Crippen LogP contribution is 2.49. The van der Waals surface area contributed by atoms with Gasteiger partial charge in [-0.25, -0.2) is 9.97 Å². The van der Waals surface area contributed by atoms with Gasteiger partial charge in [0, 0.05) is 50.8 Å². The monoisotopic (exact) mass is 1070 g/mol. The molecular weight excluding hydrogens is 1000 g/mol. The van der Waals surface area contributed by atoms with Gasteiger partial charge in [-0.15, -0.1) is 0 Å². The van der Waals surface area contributed by atoms with E-state index in [1.807, 2.05) is 0 Å². The van der Waals surface area contributed by atoms with Crippen LogP contribution in [0.3, 0.4) is 0 Å². The lowest BCUT2D eigenvalue weighted by atomic mass is 9.33. The fraction of sp³-hybridized carbons (Fsp3) is 0.103. The van der Waals surface area contributed by atoms with Crippen LogP contribution >= 0.6 is 0 Å². The van der Waals surface area contributed by atoms with Crippen LogP contribution < -0.4 is 26.2 Å². The second-order valence-corrected chi connectivity index (χ2v) is 24.3. The van der Waals surface area contributed by atoms with E-state index in [0.717, 1.165) is 107 Å². The van der Waals surface area contributed by atoms with Gasteiger partial charge >= 0.3 is 0 Å². The maximum absolute atomic E-state index is 5.59. The van der Waals surface area contributed by atoms with E-state index in [9.17, 15) is 0 Å². The first-order valence-electron chi connectivity index (χ1n) is 29.0. The fourth-order valence-electron chi connectivity index (χ4n) is 12.4. The molecule has 12 aromatic rings. The smallest absolute Gasteiger partial charge is 0.252 e. The van der Waals surface area contributed by atoms with Crippen molar-refractivity contribution in [2.45, 2.75) is 52.4 Å². The predicted molar refractivity (Wildman–Crippen MR) is 352 cm³/mol. The summed E-state index contributed by atoms with van der Waals surface area (Å²) < 4.78 is 0. The van der Waals surface area contributed by atoms with Crippen LogP contribution in [0.5, 0.6) is 0 Å². The van der Waals surface area contributed by atoms with Gasteiger partial charge in [-0.05, 0) is 150 Å². The standard InChI is InChI=1S/C78H63BN4/c1-77(2,3)63-37-39-71-67(49-63)79-68-50-64(78(4,5)6)38-40-72(68)83(66-45-60(54-29-17-9-18-30-54)42-61(46-66)55-31-19-10-20-32-55)74-48-62(76-80-69(56-33-21-11-22-34-56)51-70(81-76)57-35-23-12-24-36-57)47-73(75(74)79)82(71)65-43-58(52-25-13-7-14-26-52)41-59(44-65)53-27-15-8-16-28-53/h7-51H,1-6H3. The number of anilines is 6. The molecule has 0 radical (unpaired) electrons. The summed E-state index contributed by atoms with van der Waals surface area (Å²) in [5.41, 5.74) is 26.6. The van der Waals surface area contributed by atoms with Crippen molar-refractivity contribution in [3.8, 4) is 78.4 Å². The van der Waals surface area contributed by atoms with E-state index >= 15 is 0 Å². The molecule has 0 unspecified atom stereocenters. The number of fused-ring (bicyclic) bond motifs is 4. The van der Waals surface area contributed by atoms with Crippen LogP contribution in [-0.4, -0.2) is 16.7 Å². The summed E-state index contributed by atoms with van der Waals surface area (Å²) in [6.07, 6.45) is 0. The first-order valence-corrected chi connectivity index (χ1v) is 29.0. The Balaban J connectivity index is 1.14. The molecule has 0 saturated heterocycles. The van der Waals surface area contributed by atoms with Crippen molar-refractivity contribution in [1.29, 1.82) is 0 Å². The van der Waals surface area contributed by atoms with Crippen molar-refractivity contribution < 1.29 is 0 Å². The summed E-state index contributed by atoms with van der Waals surface area (Å²) in [5.74, 6) is 0.648. The summed E-state index contributed by atoms with van der Waals surface area (Å²) in [6.45, 7) is 13.9. The first-order chi connectivity index (χ1) is 40.4. The normalized spacial score (nSPS) is 12.6. The second-order valence-electron chi connectivity index (χ2n) is 24.3. The van der Waals surface area contributed by atoms with Crippen LogP contribution in [0, 0.1) is 0 Å². The summed E-state index contributed by atoms with van der Waals surface area (Å²) in [7, 11) is 0. The van der Waals surface area contributed by atoms with Crippen molar-refractivity contribution >= 4 is 57.2 Å². The Morgan fingerprint density at radius 3 is 0.904 bits per heavy atom. The lowest BCUT2D eigenvalue weighted by Crippen LogP contribution is -2.61. The molecule has 0 bridgehead atoms. The molecule has 0 amide bonds. The lowest BCUT2D eigenvalue weighted by molar-refractivity contribution is 0.590. The number of aromatic nitrogens is 2. The average molecular weight is 1070 g/mol. The summed E-state index contributed by atoms with van der Waals surface area (Å²) in [5, 5.41) is 0. The van der Waals surface area contributed by atoms with E-state index in [2.05, 4.69) is 324 Å². The lowest BCUT2D eigenvalue weighted by Gasteiger charge is -2.45. The van der Waals surface area contributed by atoms with E-state index < -0.39 is 0 Å². The average Bonchev–Trinajstić information content (AvgIpc) is 1.47. The highest BCUT2D eigenvalue weighted by molar-refractivity contribution is 7.00. The molecule has 0 saturated carbocycles. The largest absolute Gasteiger partial charge is 0.311 e. The van der Waals surface area contributed by atoms with E-state index in [-0.39, 0.29) is 17.5 Å². The quantitative estimate of drug-likeness (QED) is 0.135. The van der Waals surface area contributed by atoms with Crippen LogP contribution in [0.25, 0.3) is 78.4 Å². The van der Waals surface area contributed by atoms with Gasteiger partial charge in [-0.2, -0.15) is 0 Å². The zero-order valence-corrected chi connectivity index (χ0v) is 47.8. The van der Waals surface area contributed by atoms with E-state index in [1.165, 1.54) is 27.5 Å². The third-order valence-electron chi connectivity index (χ3n) is 16.7. The van der Waals surface area contributed by atoms with Gasteiger partial charge in [0.15, 0.2) is 5.82 Å². The maximum atomic E-state index is 5.59. The molecule has 0 spiro atoms. The molecule has 0 N–H and O–H groups in total. The van der Waals surface area contributed by atoms with E-state index in [4.69, 9.17) is 9.97 Å². The second kappa shape index (κ2) is 20.6. The third-order valence-corrected chi connectivity index (χ3v) is 16.7. The topological polar surface area (TPSA) is 32.3 Å². The molecule has 0 atom stereocenters. The number of nitrogens with zero attached hydrogens (tertiary/aromatic N) is 4. The maximum Gasteiger partial charge on any atom is 0.252 e. The molecule has 398 valence electrons. The molecule has 14 rings (SSSR count). The molecule has 83 heavy (non-hydrogen) atoms. The molecule has 2 aliphatic rings. The van der Waals surface area contributed by atoms with Crippen molar-refractivity contribution in [1.82, 2.24) is 9.97 Å². The Morgan fingerprint density at radius 1 is 0.277 bits per heavy atom. The zero-order chi connectivity index (χ0) is 56.4. The molecule has 1 aromatic heterocycles. The van der Waals surface area contributed by atoms with Crippen LogP contribution in [0.4, 0.5) is 34.1 Å². The highest BCUT2D eigenvalue weighted by atomic mass is 15.2. The Kier molecular flexibility index (Phi) is 12.7. The van der Waals surface area contributed by atoms with Crippen molar-refractivity contribution in [3.63, 3.8) is 0 Å². The van der Waals surface area contributed by atoms with Gasteiger partial charge in [-0.1, -0.05) is 248 Å². The van der Waals surface area contributed by atoms with Crippen molar-refractivity contribution in [2.24, 2.45) is 0 Å². The van der Waals surface area contributed by atoms with E-state index in [1.54, 1.807) is 0 Å². The van der Waals surface area contributed by atoms with Gasteiger partial charge in [0.05, 0.1) is 11.4 Å². The summed E-state index contributed by atoms with van der Waals surface area (Å²) in [6, 6.07) is 100. The predicted octanol–water partition coefficient (Wildman–Crippen LogP) is 18.8. The van der Waals surface area contributed by atoms with Gasteiger partial charge in [0.25, 0.3) is 6.71 Å². The van der Waals surface area contributed by atoms with Crippen LogP contribution in [0.15, 0.2) is 273 Å². The summed E-state index contributed by atoms with van der Waals surface area (Å²) >= 11 is 0. The Bertz CT molecular complexity index is 3990. The minimum atomic E-state index is -0.149. The van der Waals surface area contributed by atoms with Crippen molar-refractivity contribution in [3.05, 3.63) is 284 Å². The minimum Gasteiger partial charge on any atom is -0.311 e. The zero-order valence-electron chi connectivity index (χ0n) is 47.8. The van der Waals surface area contributed by atoms with Crippen LogP contribution in [0.1, 0.15) is 52.7 Å². The van der Waals surface area contributed by atoms with Crippen LogP contribution in [0.2, 0.25) is 0 Å². The van der Waals surface area contributed by atoms with Gasteiger partial charge in [0.2, 0.25) is 0 Å². The molecule has 0 aliphatic carbocycles. The molecular formula is C78H63BN4. The molecule has 11 aromatic carbocycles. The SMILES string of the molecule is CC(C)(C)c1ccc2c(c1)B1c3cc(C(C)(C)C)ccc3N(c3cc(-c4ccccc4)cc(-c4ccccc4)c3)c3cc(-c4nc(-c5ccccc5)cc(-c5ccccc5)n4)cc(c31)N2c1cc(-c2ccccc2)cc(-c2ccccc2)c1. The molecule has 3 heterocycles. The van der Waals surface area contributed by atoms with E-state index in [0.29, 0.717) is 5.82 Å². The molecule has 0 fully saturated rings. The Labute approximate surface area is 489 Å². The Morgan fingerprint density at radius 2 is 0.590 bits per heavy atom. The first kappa shape index (κ1) is 51.3. The number of hydrogen-bond acceptors (Lipinski definition) is 4. The molecule has 4 nitrogen and oxygen atoms in total. The molecule has 5 heteroatoms. The number of hydrogen-bond donors (Lipinski definition) is 0. The third kappa shape index (κ3) is 9.62. The summed E-state index contributed by atoms with van der Waals surface area (Å²) in [4.78, 5) is 16.3. The molecule has 2 aliphatic heterocycles. The van der Waals surface area contributed by atoms with Crippen molar-refractivity contribution in [2.75, 3.05) is 9.80 Å². The highest BCUT2D eigenvalue weighted by Gasteiger charge is 2.45. The van der Waals surface area contributed by atoms with Crippen LogP contribution in [-0.2, 0) is 10.8 Å². The van der Waals surface area contributed by atoms with Gasteiger partial charge in [0.1, 0.15) is 0 Å². The minimum absolute atomic E-state index is 0.124. The number of rotatable bonds is 9. The van der Waals surface area contributed by atoms with Gasteiger partial charge < -0.3 is 9.80 Å². The fourth-order valence-corrected chi connectivity index (χ4v) is 12.4. The van der Waals surface area contributed by atoms with Gasteiger partial charge in [-0.3, -0.25) is 0 Å². The number of benzene rings is 11. The Hall–Kier alpha value is -9.84.